The van der Waals surface area contributed by atoms with Crippen molar-refractivity contribution in [3.8, 4) is 5.75 Å². The van der Waals surface area contributed by atoms with Gasteiger partial charge in [0.05, 0.1) is 12.6 Å². The largest absolute Gasteiger partial charge is 0.492 e. The number of ether oxygens (including phenoxy) is 2. The second-order valence-electron chi connectivity index (χ2n) is 4.32. The summed E-state index contributed by atoms with van der Waals surface area (Å²) >= 11 is 0. The van der Waals surface area contributed by atoms with E-state index in [1.807, 2.05) is 0 Å². The lowest BCUT2D eigenvalue weighted by Gasteiger charge is -2.12. The number of carbonyl (C=O) groups is 1. The van der Waals surface area contributed by atoms with Gasteiger partial charge in [-0.15, -0.1) is 0 Å². The first-order valence-electron chi connectivity index (χ1n) is 6.36. The van der Waals surface area contributed by atoms with Crippen LogP contribution >= 0.6 is 0 Å². The van der Waals surface area contributed by atoms with Crippen molar-refractivity contribution in [1.82, 2.24) is 5.32 Å². The molecule has 0 spiro atoms. The van der Waals surface area contributed by atoms with Gasteiger partial charge in [0.25, 0.3) is 0 Å². The quantitative estimate of drug-likeness (QED) is 0.739. The number of nitrogens with two attached hydrogens (primary N) is 1. The van der Waals surface area contributed by atoms with Crippen molar-refractivity contribution in [2.24, 2.45) is 5.73 Å². The number of nitrogens with one attached hydrogen (secondary N) is 2. The molecule has 6 nitrogen and oxygen atoms in total. The summed E-state index contributed by atoms with van der Waals surface area (Å²) in [6.45, 7) is 2.25. The van der Waals surface area contributed by atoms with Crippen LogP contribution in [-0.2, 0) is 4.74 Å². The molecule has 1 unspecified atom stereocenters. The molecular weight excluding hydrogens is 246 g/mol. The summed E-state index contributed by atoms with van der Waals surface area (Å²) < 4.78 is 10.5. The van der Waals surface area contributed by atoms with Gasteiger partial charge in [-0.1, -0.05) is 0 Å². The van der Waals surface area contributed by atoms with Gasteiger partial charge in [-0.25, -0.2) is 4.79 Å². The molecule has 0 bridgehead atoms. The molecule has 6 heteroatoms. The summed E-state index contributed by atoms with van der Waals surface area (Å²) in [7, 11) is 0. The normalized spacial score (nSPS) is 18.1. The predicted molar refractivity (Wildman–Crippen MR) is 72.4 cm³/mol. The second-order valence-corrected chi connectivity index (χ2v) is 4.32. The molecule has 2 rings (SSSR count). The zero-order chi connectivity index (χ0) is 13.5. The van der Waals surface area contributed by atoms with Crippen molar-refractivity contribution in [3.63, 3.8) is 0 Å². The van der Waals surface area contributed by atoms with Gasteiger partial charge >= 0.3 is 6.03 Å². The first kappa shape index (κ1) is 13.6. The maximum atomic E-state index is 11.7. The van der Waals surface area contributed by atoms with E-state index in [4.69, 9.17) is 15.2 Å². The molecule has 4 N–H and O–H groups in total. The summed E-state index contributed by atoms with van der Waals surface area (Å²) in [5.74, 6) is 0.737. The van der Waals surface area contributed by atoms with Crippen LogP contribution in [0.3, 0.4) is 0 Å². The molecule has 1 saturated heterocycles. The molecule has 104 valence electrons. The van der Waals surface area contributed by atoms with Crippen LogP contribution in [0.2, 0.25) is 0 Å². The van der Waals surface area contributed by atoms with Gasteiger partial charge in [-0.05, 0) is 30.7 Å². The topological polar surface area (TPSA) is 85.6 Å². The molecule has 0 aliphatic carbocycles. The zero-order valence-electron chi connectivity index (χ0n) is 10.7. The number of carbonyl (C=O) groups excluding carboxylic acids is 1. The first-order chi connectivity index (χ1) is 9.28. The van der Waals surface area contributed by atoms with Crippen LogP contribution < -0.4 is 21.1 Å². The summed E-state index contributed by atoms with van der Waals surface area (Å²) in [5.41, 5.74) is 6.07. The Hall–Kier alpha value is -1.79. The van der Waals surface area contributed by atoms with E-state index in [1.54, 1.807) is 24.3 Å². The van der Waals surface area contributed by atoms with Gasteiger partial charge in [0.2, 0.25) is 0 Å². The number of rotatable bonds is 5. The fourth-order valence-corrected chi connectivity index (χ4v) is 1.81. The van der Waals surface area contributed by atoms with E-state index < -0.39 is 0 Å². The maximum Gasteiger partial charge on any atom is 0.319 e. The molecule has 1 aliphatic heterocycles. The third-order valence-corrected chi connectivity index (χ3v) is 2.76. The highest BCUT2D eigenvalue weighted by molar-refractivity contribution is 5.89. The summed E-state index contributed by atoms with van der Waals surface area (Å²) in [5, 5.41) is 5.62. The minimum atomic E-state index is -0.217. The van der Waals surface area contributed by atoms with E-state index >= 15 is 0 Å². The zero-order valence-corrected chi connectivity index (χ0v) is 10.7. The maximum absolute atomic E-state index is 11.7. The summed E-state index contributed by atoms with van der Waals surface area (Å²) in [6.07, 6.45) is 0.860. The SMILES string of the molecule is NCCOc1ccc(NC(=O)NC2CCOC2)cc1. The predicted octanol–water partition coefficient (Wildman–Crippen LogP) is 0.934. The highest BCUT2D eigenvalue weighted by Gasteiger charge is 2.17. The van der Waals surface area contributed by atoms with E-state index in [9.17, 15) is 4.79 Å². The molecule has 1 heterocycles. The summed E-state index contributed by atoms with van der Waals surface area (Å²) in [4.78, 5) is 11.7. The van der Waals surface area contributed by atoms with Crippen molar-refractivity contribution in [1.29, 1.82) is 0 Å². The monoisotopic (exact) mass is 265 g/mol. The van der Waals surface area contributed by atoms with E-state index in [1.165, 1.54) is 0 Å². The van der Waals surface area contributed by atoms with Crippen LogP contribution in [0, 0.1) is 0 Å². The van der Waals surface area contributed by atoms with Crippen LogP contribution in [-0.4, -0.2) is 38.4 Å². The minimum absolute atomic E-state index is 0.104. The Morgan fingerprint density at radius 1 is 1.42 bits per heavy atom. The molecule has 0 aromatic heterocycles. The highest BCUT2D eigenvalue weighted by atomic mass is 16.5. The molecule has 1 aliphatic rings. The van der Waals surface area contributed by atoms with E-state index in [0.29, 0.717) is 26.4 Å². The number of hydrogen-bond acceptors (Lipinski definition) is 4. The van der Waals surface area contributed by atoms with Crippen molar-refractivity contribution in [2.45, 2.75) is 12.5 Å². The van der Waals surface area contributed by atoms with Crippen LogP contribution in [0.4, 0.5) is 10.5 Å². The lowest BCUT2D eigenvalue weighted by Crippen LogP contribution is -2.38. The number of benzene rings is 1. The number of amides is 2. The Morgan fingerprint density at radius 3 is 2.84 bits per heavy atom. The van der Waals surface area contributed by atoms with E-state index in [0.717, 1.165) is 17.9 Å². The van der Waals surface area contributed by atoms with Crippen molar-refractivity contribution in [3.05, 3.63) is 24.3 Å². The summed E-state index contributed by atoms with van der Waals surface area (Å²) in [6, 6.07) is 7.06. The van der Waals surface area contributed by atoms with Gasteiger partial charge in [0.1, 0.15) is 12.4 Å². The number of anilines is 1. The Bertz CT molecular complexity index is 402. The van der Waals surface area contributed by atoms with Crippen LogP contribution in [0.5, 0.6) is 5.75 Å². The van der Waals surface area contributed by atoms with Gasteiger partial charge < -0.3 is 25.8 Å². The number of urea groups is 1. The van der Waals surface area contributed by atoms with Crippen LogP contribution in [0.1, 0.15) is 6.42 Å². The smallest absolute Gasteiger partial charge is 0.319 e. The Kier molecular flexibility index (Phi) is 5.00. The Labute approximate surface area is 112 Å². The Balaban J connectivity index is 1.79. The third-order valence-electron chi connectivity index (χ3n) is 2.76. The molecular formula is C13H19N3O3. The molecule has 1 fully saturated rings. The van der Waals surface area contributed by atoms with Gasteiger partial charge in [-0.2, -0.15) is 0 Å². The number of hydrogen-bond donors (Lipinski definition) is 3. The molecule has 1 aromatic rings. The Morgan fingerprint density at radius 2 is 2.21 bits per heavy atom. The molecule has 2 amide bonds. The first-order valence-corrected chi connectivity index (χ1v) is 6.36. The third kappa shape index (κ3) is 4.42. The molecule has 1 atom stereocenters. The lowest BCUT2D eigenvalue weighted by molar-refractivity contribution is 0.189. The van der Waals surface area contributed by atoms with Crippen LogP contribution in [0.15, 0.2) is 24.3 Å². The van der Waals surface area contributed by atoms with Crippen molar-refractivity contribution in [2.75, 3.05) is 31.7 Å². The standard InChI is InChI=1S/C13H19N3O3/c14-6-8-19-12-3-1-10(2-4-12)15-13(17)16-11-5-7-18-9-11/h1-4,11H,5-9,14H2,(H2,15,16,17). The van der Waals surface area contributed by atoms with Crippen LogP contribution in [0.25, 0.3) is 0 Å². The van der Waals surface area contributed by atoms with Crippen molar-refractivity contribution >= 4 is 11.7 Å². The fourth-order valence-electron chi connectivity index (χ4n) is 1.81. The second kappa shape index (κ2) is 6.96. The average molecular weight is 265 g/mol. The van der Waals surface area contributed by atoms with Gasteiger partial charge in [0.15, 0.2) is 0 Å². The van der Waals surface area contributed by atoms with Crippen molar-refractivity contribution < 1.29 is 14.3 Å². The van der Waals surface area contributed by atoms with Gasteiger partial charge in [-0.3, -0.25) is 0 Å². The van der Waals surface area contributed by atoms with E-state index in [-0.39, 0.29) is 12.1 Å². The highest BCUT2D eigenvalue weighted by Crippen LogP contribution is 2.15. The van der Waals surface area contributed by atoms with Gasteiger partial charge in [0, 0.05) is 18.8 Å². The van der Waals surface area contributed by atoms with E-state index in [2.05, 4.69) is 10.6 Å². The molecule has 0 radical (unpaired) electrons. The molecule has 19 heavy (non-hydrogen) atoms. The molecule has 1 aromatic carbocycles. The minimum Gasteiger partial charge on any atom is -0.492 e. The fraction of sp³-hybridized carbons (Fsp3) is 0.462. The molecule has 0 saturated carbocycles. The lowest BCUT2D eigenvalue weighted by atomic mass is 10.2. The average Bonchev–Trinajstić information content (AvgIpc) is 2.90.